The molecule has 3 saturated heterocycles. The van der Waals surface area contributed by atoms with E-state index in [2.05, 4.69) is 9.88 Å². The van der Waals surface area contributed by atoms with E-state index in [9.17, 15) is 4.79 Å². The molecule has 5 atom stereocenters. The van der Waals surface area contributed by atoms with Gasteiger partial charge in [-0.1, -0.05) is 30.3 Å². The van der Waals surface area contributed by atoms with Crippen molar-refractivity contribution in [2.24, 2.45) is 0 Å². The summed E-state index contributed by atoms with van der Waals surface area (Å²) in [5.74, 6) is -0.570. The maximum atomic E-state index is 13.5. The molecule has 0 saturated carbocycles. The summed E-state index contributed by atoms with van der Waals surface area (Å²) in [4.78, 5) is 18.3. The Labute approximate surface area is 221 Å². The smallest absolute Gasteiger partial charge is 0.252 e. The highest BCUT2D eigenvalue weighted by Crippen LogP contribution is 2.44. The van der Waals surface area contributed by atoms with Gasteiger partial charge in [0.05, 0.1) is 31.2 Å². The number of carbonyl (C=O) groups is 1. The van der Waals surface area contributed by atoms with Crippen LogP contribution in [0.15, 0.2) is 48.5 Å². The molecule has 0 bridgehead atoms. The molecule has 2 aromatic carbocycles. The molecule has 10 nitrogen and oxygen atoms in total. The van der Waals surface area contributed by atoms with Crippen LogP contribution in [0.4, 0.5) is 0 Å². The number of hydrogen-bond donors (Lipinski definition) is 1. The number of benzene rings is 2. The first-order valence-corrected chi connectivity index (χ1v) is 12.8. The van der Waals surface area contributed by atoms with Crippen molar-refractivity contribution in [2.45, 2.75) is 83.1 Å². The first-order valence-electron chi connectivity index (χ1n) is 12.8. The lowest BCUT2D eigenvalue weighted by atomic mass is 9.98. The molecular formula is C28H33N3O7. The van der Waals surface area contributed by atoms with Gasteiger partial charge in [0, 0.05) is 5.56 Å². The molecular weight excluding hydrogens is 490 g/mol. The van der Waals surface area contributed by atoms with Crippen LogP contribution in [0.25, 0.3) is 11.0 Å². The van der Waals surface area contributed by atoms with E-state index in [0.717, 1.165) is 22.3 Å². The summed E-state index contributed by atoms with van der Waals surface area (Å²) in [6.07, 6.45) is -3.32. The van der Waals surface area contributed by atoms with Crippen LogP contribution >= 0.6 is 0 Å². The highest BCUT2D eigenvalue weighted by Gasteiger charge is 2.62. The Balaban J connectivity index is 1.25. The zero-order chi connectivity index (χ0) is 26.7. The molecule has 0 radical (unpaired) electrons. The van der Waals surface area contributed by atoms with E-state index in [0.29, 0.717) is 12.4 Å². The number of amides is 1. The molecule has 4 heterocycles. The molecule has 3 aliphatic rings. The van der Waals surface area contributed by atoms with Crippen LogP contribution in [0, 0.1) is 0 Å². The number of carbonyl (C=O) groups excluding carboxylic acids is 1. The van der Waals surface area contributed by atoms with E-state index in [1.807, 2.05) is 76.2 Å². The second kappa shape index (κ2) is 9.32. The number of methoxy groups -OCH3 is 1. The van der Waals surface area contributed by atoms with Crippen LogP contribution in [-0.4, -0.2) is 64.8 Å². The van der Waals surface area contributed by atoms with E-state index in [1.54, 1.807) is 7.11 Å². The largest absolute Gasteiger partial charge is 0.496 e. The van der Waals surface area contributed by atoms with Crippen molar-refractivity contribution < 1.29 is 33.2 Å². The summed E-state index contributed by atoms with van der Waals surface area (Å²) < 4.78 is 38.0. The van der Waals surface area contributed by atoms with Gasteiger partial charge in [0.15, 0.2) is 24.0 Å². The van der Waals surface area contributed by atoms with Gasteiger partial charge in [-0.2, -0.15) is 0 Å². The lowest BCUT2D eigenvalue weighted by Gasteiger charge is -2.36. The van der Waals surface area contributed by atoms with Gasteiger partial charge in [-0.3, -0.25) is 4.79 Å². The van der Waals surface area contributed by atoms with Gasteiger partial charge in [0.1, 0.15) is 29.9 Å². The molecule has 1 N–H and O–H groups in total. The quantitative estimate of drug-likeness (QED) is 0.526. The molecule has 38 heavy (non-hydrogen) atoms. The summed E-state index contributed by atoms with van der Waals surface area (Å²) in [6.45, 7) is 7.99. The number of rotatable bonds is 6. The Morgan fingerprint density at radius 2 is 1.63 bits per heavy atom. The SMILES string of the molecule is COc1ccccc1Cn1c(CNC(=O)C2OC3OC(C)(C)OC3C3OC(C)(C)OC23)nc2ccccc21. The Morgan fingerprint density at radius 3 is 2.45 bits per heavy atom. The Bertz CT molecular complexity index is 1350. The molecule has 0 aliphatic carbocycles. The van der Waals surface area contributed by atoms with Gasteiger partial charge < -0.3 is 38.3 Å². The lowest BCUT2D eigenvalue weighted by Crippen LogP contribution is -2.59. The minimum atomic E-state index is -0.937. The van der Waals surface area contributed by atoms with Gasteiger partial charge in [0.2, 0.25) is 0 Å². The minimum absolute atomic E-state index is 0.196. The van der Waals surface area contributed by atoms with Gasteiger partial charge >= 0.3 is 0 Å². The first kappa shape index (κ1) is 25.3. The van der Waals surface area contributed by atoms with Gasteiger partial charge in [-0.05, 0) is 45.9 Å². The highest BCUT2D eigenvalue weighted by atomic mass is 16.9. The highest BCUT2D eigenvalue weighted by molar-refractivity contribution is 5.82. The Hall–Kier alpha value is -3.02. The Kier molecular flexibility index (Phi) is 6.20. The van der Waals surface area contributed by atoms with E-state index in [-0.39, 0.29) is 12.5 Å². The Morgan fingerprint density at radius 1 is 0.947 bits per heavy atom. The summed E-state index contributed by atoms with van der Waals surface area (Å²) in [7, 11) is 1.66. The van der Waals surface area contributed by atoms with E-state index < -0.39 is 42.3 Å². The van der Waals surface area contributed by atoms with E-state index in [1.165, 1.54) is 0 Å². The molecule has 5 unspecified atom stereocenters. The molecule has 3 aromatic rings. The van der Waals surface area contributed by atoms with Crippen LogP contribution in [-0.2, 0) is 41.6 Å². The monoisotopic (exact) mass is 523 g/mol. The maximum Gasteiger partial charge on any atom is 0.252 e. The molecule has 1 aromatic heterocycles. The van der Waals surface area contributed by atoms with Gasteiger partial charge in [0.25, 0.3) is 5.91 Å². The number of fused-ring (bicyclic) bond motifs is 4. The van der Waals surface area contributed by atoms with Crippen molar-refractivity contribution in [2.75, 3.05) is 7.11 Å². The van der Waals surface area contributed by atoms with E-state index >= 15 is 0 Å². The molecule has 1 amide bonds. The molecule has 10 heteroatoms. The second-order valence-corrected chi connectivity index (χ2v) is 10.7. The number of hydrogen-bond acceptors (Lipinski definition) is 8. The summed E-state index contributed by atoms with van der Waals surface area (Å²) in [6, 6.07) is 15.8. The van der Waals surface area contributed by atoms with Crippen molar-refractivity contribution >= 4 is 16.9 Å². The second-order valence-electron chi connectivity index (χ2n) is 10.7. The standard InChI is InChI=1S/C28H33N3O7/c1-27(2)35-21-22(36-27)24-26(38-28(3,4)37-24)34-23(21)25(32)29-14-20-30-17-11-7-8-12-18(17)31(20)15-16-10-6-9-13-19(16)33-5/h6-13,21-24,26H,14-15H2,1-5H3,(H,29,32). The molecule has 3 fully saturated rings. The summed E-state index contributed by atoms with van der Waals surface area (Å²) in [5, 5.41) is 3.01. The van der Waals surface area contributed by atoms with Crippen LogP contribution in [0.1, 0.15) is 39.1 Å². The van der Waals surface area contributed by atoms with Crippen molar-refractivity contribution in [3.8, 4) is 5.75 Å². The third-order valence-electron chi connectivity index (χ3n) is 7.09. The fourth-order valence-corrected chi connectivity index (χ4v) is 5.53. The van der Waals surface area contributed by atoms with Crippen molar-refractivity contribution in [1.82, 2.24) is 14.9 Å². The number of para-hydroxylation sites is 3. The molecule has 3 aliphatic heterocycles. The van der Waals surface area contributed by atoms with Crippen molar-refractivity contribution in [3.63, 3.8) is 0 Å². The average Bonchev–Trinajstić information content (AvgIpc) is 3.51. The van der Waals surface area contributed by atoms with Crippen molar-refractivity contribution in [3.05, 3.63) is 59.9 Å². The van der Waals surface area contributed by atoms with E-state index in [4.69, 9.17) is 33.4 Å². The zero-order valence-corrected chi connectivity index (χ0v) is 22.2. The third-order valence-corrected chi connectivity index (χ3v) is 7.09. The van der Waals surface area contributed by atoms with Gasteiger partial charge in [-0.25, -0.2) is 4.98 Å². The molecule has 6 rings (SSSR count). The maximum absolute atomic E-state index is 13.5. The summed E-state index contributed by atoms with van der Waals surface area (Å²) >= 11 is 0. The third kappa shape index (κ3) is 4.56. The number of ether oxygens (including phenoxy) is 6. The predicted octanol–water partition coefficient (Wildman–Crippen LogP) is 3.11. The number of aromatic nitrogens is 2. The minimum Gasteiger partial charge on any atom is -0.496 e. The van der Waals surface area contributed by atoms with Crippen LogP contribution in [0.2, 0.25) is 0 Å². The molecule has 0 spiro atoms. The first-order chi connectivity index (χ1) is 18.1. The van der Waals surface area contributed by atoms with Crippen molar-refractivity contribution in [1.29, 1.82) is 0 Å². The topological polar surface area (TPSA) is 102 Å². The summed E-state index contributed by atoms with van der Waals surface area (Å²) in [5.41, 5.74) is 2.82. The van der Waals surface area contributed by atoms with Gasteiger partial charge in [-0.15, -0.1) is 0 Å². The fourth-order valence-electron chi connectivity index (χ4n) is 5.53. The molecule has 202 valence electrons. The van der Waals surface area contributed by atoms with Crippen LogP contribution in [0.3, 0.4) is 0 Å². The van der Waals surface area contributed by atoms with Crippen LogP contribution < -0.4 is 10.1 Å². The lowest BCUT2D eigenvalue weighted by molar-refractivity contribution is -0.231. The fraction of sp³-hybridized carbons (Fsp3) is 0.500. The number of nitrogens with one attached hydrogen (secondary N) is 1. The number of imidazole rings is 1. The predicted molar refractivity (Wildman–Crippen MR) is 136 cm³/mol. The number of nitrogens with zero attached hydrogens (tertiary/aromatic N) is 2. The average molecular weight is 524 g/mol. The normalized spacial score (nSPS) is 29.1. The zero-order valence-electron chi connectivity index (χ0n) is 22.2. The van der Waals surface area contributed by atoms with Crippen LogP contribution in [0.5, 0.6) is 5.75 Å².